The highest BCUT2D eigenvalue weighted by atomic mass is 35.5. The Morgan fingerprint density at radius 2 is 2.11 bits per heavy atom. The molecule has 1 amide bonds. The molecule has 3 heterocycles. The minimum Gasteiger partial charge on any atom is -0.393 e. The Morgan fingerprint density at radius 1 is 1.31 bits per heavy atom. The Balaban J connectivity index is 1.39. The number of benzene rings is 1. The fourth-order valence-corrected chi connectivity index (χ4v) is 5.18. The van der Waals surface area contributed by atoms with Gasteiger partial charge in [0, 0.05) is 30.2 Å². The fraction of sp³-hybridized carbons (Fsp3) is 0.391. The molecule has 2 fully saturated rings. The number of nitrogens with zero attached hydrogens (tertiary/aromatic N) is 5. The molecule has 182 valence electrons. The summed E-state index contributed by atoms with van der Waals surface area (Å²) in [5.74, 6) is -1.37. The van der Waals surface area contributed by atoms with E-state index in [1.54, 1.807) is 30.0 Å². The number of amides is 1. The van der Waals surface area contributed by atoms with Gasteiger partial charge in [-0.15, -0.1) is 0 Å². The predicted octanol–water partition coefficient (Wildman–Crippen LogP) is 3.71. The van der Waals surface area contributed by atoms with E-state index in [-0.39, 0.29) is 23.3 Å². The largest absolute Gasteiger partial charge is 0.393 e. The second-order valence-electron chi connectivity index (χ2n) is 9.25. The van der Waals surface area contributed by atoms with Crippen LogP contribution in [0.4, 0.5) is 20.3 Å². The molecule has 3 aromatic heterocycles. The number of halogens is 3. The number of aromatic amines is 1. The molecule has 4 aromatic rings. The molecule has 0 aliphatic heterocycles. The third-order valence-corrected chi connectivity index (χ3v) is 7.30. The van der Waals surface area contributed by atoms with Crippen molar-refractivity contribution in [2.75, 3.05) is 17.3 Å². The number of anilines is 2. The Hall–Kier alpha value is -3.31. The van der Waals surface area contributed by atoms with Crippen molar-refractivity contribution in [1.29, 1.82) is 0 Å². The lowest BCUT2D eigenvalue weighted by molar-refractivity contribution is -0.117. The van der Waals surface area contributed by atoms with Crippen molar-refractivity contribution >= 4 is 45.6 Å². The number of aliphatic hydroxyl groups is 1. The van der Waals surface area contributed by atoms with Crippen molar-refractivity contribution in [3.63, 3.8) is 0 Å². The Morgan fingerprint density at radius 3 is 2.83 bits per heavy atom. The van der Waals surface area contributed by atoms with Crippen LogP contribution in [0.25, 0.3) is 27.8 Å². The molecule has 0 spiro atoms. The van der Waals surface area contributed by atoms with E-state index in [0.717, 1.165) is 6.42 Å². The van der Waals surface area contributed by atoms with E-state index in [0.29, 0.717) is 46.3 Å². The van der Waals surface area contributed by atoms with Gasteiger partial charge in [-0.05, 0) is 25.7 Å². The maximum Gasteiger partial charge on any atom is 0.231 e. The first-order chi connectivity index (χ1) is 16.8. The van der Waals surface area contributed by atoms with Crippen LogP contribution < -0.4 is 10.2 Å². The van der Waals surface area contributed by atoms with Crippen LogP contribution in [-0.2, 0) is 4.79 Å². The predicted molar refractivity (Wildman–Crippen MR) is 127 cm³/mol. The SMILES string of the molecule is CN(c1c(F)c(Cl)c(-c2cn3cc(NC(=O)[C@@H]4C[C@@H]4F)nc3cn2)c2cn[nH]c12)[C@@H]1CC[C@H](O)C1. The van der Waals surface area contributed by atoms with Crippen LogP contribution in [0.2, 0.25) is 5.02 Å². The minimum atomic E-state index is -1.10. The van der Waals surface area contributed by atoms with Crippen LogP contribution in [0, 0.1) is 11.7 Å². The highest BCUT2D eigenvalue weighted by molar-refractivity contribution is 6.35. The summed E-state index contributed by atoms with van der Waals surface area (Å²) in [6.07, 6.45) is 6.96. The number of aliphatic hydroxyl groups excluding tert-OH is 1. The Kier molecular flexibility index (Phi) is 5.15. The lowest BCUT2D eigenvalue weighted by Gasteiger charge is -2.28. The topological polar surface area (TPSA) is 111 Å². The van der Waals surface area contributed by atoms with E-state index in [1.807, 2.05) is 4.90 Å². The van der Waals surface area contributed by atoms with Gasteiger partial charge in [-0.3, -0.25) is 14.9 Å². The monoisotopic (exact) mass is 501 g/mol. The van der Waals surface area contributed by atoms with E-state index >= 15 is 4.39 Å². The Bertz CT molecular complexity index is 1470. The zero-order valence-corrected chi connectivity index (χ0v) is 19.4. The standard InChI is InChI=1S/C23H22ClF2N7O2/c1-32(10-2-3-11(34)4-10)22-20(26)19(24)18(13-6-28-31-21(13)22)15-8-33-9-16(29-17(33)7-27-15)30-23(35)12-5-14(12)25/h6-12,14,34H,2-5H2,1H3,(H,28,31)(H,30,35)/t10-,11+,12-,14+/m1/s1. The number of fused-ring (bicyclic) bond motifs is 2. The van der Waals surface area contributed by atoms with E-state index < -0.39 is 29.9 Å². The van der Waals surface area contributed by atoms with Crippen molar-refractivity contribution in [2.24, 2.45) is 5.92 Å². The number of aromatic nitrogens is 5. The molecule has 9 nitrogen and oxygen atoms in total. The highest BCUT2D eigenvalue weighted by Gasteiger charge is 2.43. The zero-order valence-electron chi connectivity index (χ0n) is 18.7. The van der Waals surface area contributed by atoms with Crippen molar-refractivity contribution in [1.82, 2.24) is 24.6 Å². The summed E-state index contributed by atoms with van der Waals surface area (Å²) < 4.78 is 30.5. The van der Waals surface area contributed by atoms with Crippen molar-refractivity contribution in [2.45, 2.75) is 44.0 Å². The molecular formula is C23H22ClF2N7O2. The molecule has 0 unspecified atom stereocenters. The highest BCUT2D eigenvalue weighted by Crippen LogP contribution is 2.43. The minimum absolute atomic E-state index is 0.0229. The first kappa shape index (κ1) is 22.2. The molecule has 12 heteroatoms. The smallest absolute Gasteiger partial charge is 0.231 e. The molecule has 35 heavy (non-hydrogen) atoms. The van der Waals surface area contributed by atoms with Crippen LogP contribution in [0.1, 0.15) is 25.7 Å². The van der Waals surface area contributed by atoms with Gasteiger partial charge in [-0.2, -0.15) is 5.10 Å². The number of hydrogen-bond acceptors (Lipinski definition) is 6. The maximum atomic E-state index is 15.7. The molecule has 0 saturated heterocycles. The zero-order chi connectivity index (χ0) is 24.4. The first-order valence-corrected chi connectivity index (χ1v) is 11.7. The lowest BCUT2D eigenvalue weighted by atomic mass is 10.0. The van der Waals surface area contributed by atoms with Gasteiger partial charge in [-0.25, -0.2) is 13.8 Å². The van der Waals surface area contributed by atoms with Gasteiger partial charge in [0.1, 0.15) is 11.9 Å². The Labute approximate surface area is 203 Å². The number of imidazole rings is 1. The van der Waals surface area contributed by atoms with Gasteiger partial charge in [0.05, 0.1) is 46.8 Å². The second-order valence-corrected chi connectivity index (χ2v) is 9.63. The quantitative estimate of drug-likeness (QED) is 0.384. The maximum absolute atomic E-state index is 15.7. The number of carbonyl (C=O) groups is 1. The lowest BCUT2D eigenvalue weighted by Crippen LogP contribution is -2.30. The molecule has 1 aromatic carbocycles. The van der Waals surface area contributed by atoms with E-state index in [4.69, 9.17) is 11.6 Å². The molecule has 3 N–H and O–H groups in total. The summed E-state index contributed by atoms with van der Waals surface area (Å²) in [5.41, 5.74) is 1.99. The second kappa shape index (κ2) is 8.13. The number of hydrogen-bond donors (Lipinski definition) is 3. The summed E-state index contributed by atoms with van der Waals surface area (Å²) in [7, 11) is 1.79. The summed E-state index contributed by atoms with van der Waals surface area (Å²) in [6.45, 7) is 0. The van der Waals surface area contributed by atoms with Gasteiger partial charge in [0.2, 0.25) is 5.91 Å². The number of rotatable bonds is 5. The number of nitrogens with one attached hydrogen (secondary N) is 2. The van der Waals surface area contributed by atoms with Crippen molar-refractivity contribution < 1.29 is 18.7 Å². The van der Waals surface area contributed by atoms with Gasteiger partial charge in [0.15, 0.2) is 17.3 Å². The molecule has 2 aliphatic carbocycles. The van der Waals surface area contributed by atoms with E-state index in [9.17, 15) is 14.3 Å². The number of carbonyl (C=O) groups excluding carboxylic acids is 1. The van der Waals surface area contributed by atoms with E-state index in [2.05, 4.69) is 25.5 Å². The molecule has 0 bridgehead atoms. The van der Waals surface area contributed by atoms with Crippen LogP contribution in [0.15, 0.2) is 24.8 Å². The first-order valence-electron chi connectivity index (χ1n) is 11.4. The van der Waals surface area contributed by atoms with Crippen LogP contribution in [0.5, 0.6) is 0 Å². The van der Waals surface area contributed by atoms with Gasteiger partial charge in [0.25, 0.3) is 0 Å². The van der Waals surface area contributed by atoms with Crippen LogP contribution >= 0.6 is 11.6 Å². The molecule has 0 radical (unpaired) electrons. The molecule has 6 rings (SSSR count). The molecular weight excluding hydrogens is 480 g/mol. The average molecular weight is 502 g/mol. The molecule has 4 atom stereocenters. The van der Waals surface area contributed by atoms with E-state index in [1.165, 1.54) is 6.20 Å². The van der Waals surface area contributed by atoms with Gasteiger partial charge < -0.3 is 19.7 Å². The third-order valence-electron chi connectivity index (χ3n) is 6.94. The summed E-state index contributed by atoms with van der Waals surface area (Å²) in [4.78, 5) is 22.6. The third kappa shape index (κ3) is 3.69. The van der Waals surface area contributed by atoms with Crippen molar-refractivity contribution in [3.8, 4) is 11.3 Å². The molecule has 2 saturated carbocycles. The number of H-pyrrole nitrogens is 1. The summed E-state index contributed by atoms with van der Waals surface area (Å²) >= 11 is 6.58. The van der Waals surface area contributed by atoms with Crippen LogP contribution in [0.3, 0.4) is 0 Å². The van der Waals surface area contributed by atoms with Crippen LogP contribution in [-0.4, -0.2) is 60.9 Å². The van der Waals surface area contributed by atoms with Gasteiger partial charge in [-0.1, -0.05) is 11.6 Å². The fourth-order valence-electron chi connectivity index (χ4n) is 4.89. The molecule has 2 aliphatic rings. The average Bonchev–Trinajstić information content (AvgIpc) is 3.19. The normalized spacial score (nSPS) is 23.8. The number of alkyl halides is 1. The van der Waals surface area contributed by atoms with Crippen molar-refractivity contribution in [3.05, 3.63) is 35.6 Å². The summed E-state index contributed by atoms with van der Waals surface area (Å²) in [6, 6.07) is -0.0229. The van der Waals surface area contributed by atoms with Gasteiger partial charge >= 0.3 is 0 Å². The summed E-state index contributed by atoms with van der Waals surface area (Å²) in [5, 5.41) is 20.1.